The van der Waals surface area contributed by atoms with Gasteiger partial charge in [-0.25, -0.2) is 4.98 Å². The maximum atomic E-state index is 13.2. The zero-order chi connectivity index (χ0) is 21.0. The quantitative estimate of drug-likeness (QED) is 0.491. The lowest BCUT2D eigenvalue weighted by Crippen LogP contribution is -2.33. The molecule has 2 aromatic heterocycles. The number of aliphatic imine (C=N–C) groups is 2. The second-order valence-electron chi connectivity index (χ2n) is 7.41. The van der Waals surface area contributed by atoms with Crippen LogP contribution in [0.15, 0.2) is 95.0 Å². The number of pyridine rings is 1. The Morgan fingerprint density at radius 2 is 1.71 bits per heavy atom. The van der Waals surface area contributed by atoms with Crippen molar-refractivity contribution < 1.29 is 4.79 Å². The van der Waals surface area contributed by atoms with Crippen molar-refractivity contribution in [3.63, 3.8) is 0 Å². The first kappa shape index (κ1) is 18.9. The van der Waals surface area contributed by atoms with Crippen LogP contribution in [0, 0.1) is 0 Å². The maximum absolute atomic E-state index is 13.2. The van der Waals surface area contributed by atoms with Gasteiger partial charge in [-0.1, -0.05) is 60.7 Å². The number of aromatic amines is 1. The summed E-state index contributed by atoms with van der Waals surface area (Å²) in [6.45, 7) is 1.31. The number of hydrogen-bond acceptors (Lipinski definition) is 4. The fourth-order valence-corrected chi connectivity index (χ4v) is 3.67. The molecular weight excluding hydrogens is 386 g/mol. The van der Waals surface area contributed by atoms with Crippen molar-refractivity contribution in [3.05, 3.63) is 102 Å². The predicted octanol–water partition coefficient (Wildman–Crippen LogP) is 3.99. The molecular formula is C25H21N5O. The summed E-state index contributed by atoms with van der Waals surface area (Å²) >= 11 is 0. The van der Waals surface area contributed by atoms with Crippen LogP contribution in [0.1, 0.15) is 16.8 Å². The topological polar surface area (TPSA) is 73.7 Å². The number of H-pyrrole nitrogens is 1. The van der Waals surface area contributed by atoms with Gasteiger partial charge in [0.05, 0.1) is 12.2 Å². The molecule has 1 amide bonds. The number of carbonyl (C=O) groups excluding carboxylic acids is 1. The first-order valence-corrected chi connectivity index (χ1v) is 10.2. The molecule has 0 unspecified atom stereocenters. The summed E-state index contributed by atoms with van der Waals surface area (Å²) in [7, 11) is 0. The number of benzene rings is 2. The van der Waals surface area contributed by atoms with Crippen molar-refractivity contribution in [2.24, 2.45) is 9.98 Å². The molecule has 3 heterocycles. The highest BCUT2D eigenvalue weighted by atomic mass is 16.2. The third-order valence-electron chi connectivity index (χ3n) is 5.24. The molecule has 1 aliphatic rings. The van der Waals surface area contributed by atoms with Crippen LogP contribution in [0.4, 0.5) is 0 Å². The van der Waals surface area contributed by atoms with Crippen molar-refractivity contribution in [3.8, 4) is 0 Å². The van der Waals surface area contributed by atoms with Gasteiger partial charge in [-0.15, -0.1) is 0 Å². The zero-order valence-corrected chi connectivity index (χ0v) is 16.9. The second-order valence-corrected chi connectivity index (χ2v) is 7.41. The highest BCUT2D eigenvalue weighted by molar-refractivity contribution is 6.70. The molecule has 6 heteroatoms. The minimum atomic E-state index is -0.109. The Hall–Kier alpha value is -4.06. The van der Waals surface area contributed by atoms with Crippen LogP contribution in [0.3, 0.4) is 0 Å². The van der Waals surface area contributed by atoms with Gasteiger partial charge in [-0.05, 0) is 29.3 Å². The van der Waals surface area contributed by atoms with Gasteiger partial charge in [0.25, 0.3) is 5.91 Å². The van der Waals surface area contributed by atoms with E-state index in [1.54, 1.807) is 11.1 Å². The van der Waals surface area contributed by atoms with E-state index in [-0.39, 0.29) is 5.91 Å². The fraction of sp³-hybridized carbons (Fsp3) is 0.120. The second kappa shape index (κ2) is 8.36. The monoisotopic (exact) mass is 407 g/mol. The van der Waals surface area contributed by atoms with Gasteiger partial charge in [-0.3, -0.25) is 14.8 Å². The average Bonchev–Trinajstić information content (AvgIpc) is 3.40. The summed E-state index contributed by atoms with van der Waals surface area (Å²) < 4.78 is 0. The molecule has 0 radical (unpaired) electrons. The molecule has 1 N–H and O–H groups in total. The Bertz CT molecular complexity index is 1240. The van der Waals surface area contributed by atoms with E-state index in [0.29, 0.717) is 31.2 Å². The fourth-order valence-electron chi connectivity index (χ4n) is 3.67. The predicted molar refractivity (Wildman–Crippen MR) is 122 cm³/mol. The van der Waals surface area contributed by atoms with Crippen LogP contribution < -0.4 is 0 Å². The third-order valence-corrected chi connectivity index (χ3v) is 5.24. The number of rotatable bonds is 6. The van der Waals surface area contributed by atoms with E-state index in [0.717, 1.165) is 27.9 Å². The molecule has 1 aliphatic heterocycles. The molecule has 0 saturated carbocycles. The van der Waals surface area contributed by atoms with Crippen LogP contribution in [-0.4, -0.2) is 38.9 Å². The Kier molecular flexibility index (Phi) is 5.10. The Morgan fingerprint density at radius 1 is 0.968 bits per heavy atom. The minimum Gasteiger partial charge on any atom is -0.338 e. The molecule has 2 aromatic carbocycles. The Balaban J connectivity index is 1.47. The van der Waals surface area contributed by atoms with Crippen molar-refractivity contribution in [1.29, 1.82) is 0 Å². The summed E-state index contributed by atoms with van der Waals surface area (Å²) in [5, 5.41) is 0.970. The molecule has 0 saturated heterocycles. The molecule has 0 bridgehead atoms. The molecule has 31 heavy (non-hydrogen) atoms. The molecule has 4 aromatic rings. The molecule has 0 atom stereocenters. The molecule has 152 valence electrons. The van der Waals surface area contributed by atoms with Crippen molar-refractivity contribution in [2.75, 3.05) is 6.67 Å². The number of amides is 1. The van der Waals surface area contributed by atoms with Gasteiger partial charge >= 0.3 is 0 Å². The number of hydrogen-bond donors (Lipinski definition) is 1. The number of nitrogens with one attached hydrogen (secondary N) is 1. The zero-order valence-electron chi connectivity index (χ0n) is 16.9. The van der Waals surface area contributed by atoms with Gasteiger partial charge in [0.1, 0.15) is 18.0 Å². The Morgan fingerprint density at radius 3 is 2.45 bits per heavy atom. The lowest BCUT2D eigenvalue weighted by molar-refractivity contribution is -0.123. The molecule has 0 aliphatic carbocycles. The lowest BCUT2D eigenvalue weighted by Gasteiger charge is -2.15. The smallest absolute Gasteiger partial charge is 0.276 e. The molecule has 6 nitrogen and oxygen atoms in total. The summed E-state index contributed by atoms with van der Waals surface area (Å²) in [5.41, 5.74) is 4.61. The lowest BCUT2D eigenvalue weighted by atomic mass is 10.1. The van der Waals surface area contributed by atoms with E-state index < -0.39 is 0 Å². The van der Waals surface area contributed by atoms with E-state index in [1.807, 2.05) is 78.9 Å². The summed E-state index contributed by atoms with van der Waals surface area (Å²) in [6.07, 6.45) is 1.74. The minimum absolute atomic E-state index is 0.109. The average molecular weight is 407 g/mol. The van der Waals surface area contributed by atoms with Gasteiger partial charge in [0.15, 0.2) is 5.71 Å². The summed E-state index contributed by atoms with van der Waals surface area (Å²) in [4.78, 5) is 32.0. The highest BCUT2D eigenvalue weighted by Gasteiger charge is 2.30. The van der Waals surface area contributed by atoms with Crippen LogP contribution >= 0.6 is 0 Å². The largest absolute Gasteiger partial charge is 0.338 e. The third kappa shape index (κ3) is 4.00. The molecule has 5 rings (SSSR count). The molecule has 0 spiro atoms. The molecule has 0 fully saturated rings. The standard InChI is InChI=1S/C25H21N5O/c31-25-23(28-17-30(25)16-19-10-5-2-6-11-19)22(27-15-18-8-3-1-4-9-18)21-14-20-12-7-13-26-24(20)29-21/h1-14H,15-17H2,(H,26,29). The number of nitrogens with zero attached hydrogens (tertiary/aromatic N) is 4. The first-order valence-electron chi connectivity index (χ1n) is 10.2. The normalized spacial score (nSPS) is 14.3. The number of fused-ring (bicyclic) bond motifs is 1. The summed E-state index contributed by atoms with van der Waals surface area (Å²) in [6, 6.07) is 25.8. The number of carbonyl (C=O) groups is 1. The van der Waals surface area contributed by atoms with Crippen LogP contribution in [0.2, 0.25) is 0 Å². The summed E-state index contributed by atoms with van der Waals surface area (Å²) in [5.74, 6) is -0.109. The van der Waals surface area contributed by atoms with E-state index in [4.69, 9.17) is 4.99 Å². The van der Waals surface area contributed by atoms with Gasteiger partial charge in [-0.2, -0.15) is 0 Å². The SMILES string of the molecule is O=C1C(C(=NCc2ccccc2)c2cc3cccnc3[nH]2)=NCN1Cc1ccccc1. The number of aromatic nitrogens is 2. The van der Waals surface area contributed by atoms with Gasteiger partial charge < -0.3 is 9.88 Å². The van der Waals surface area contributed by atoms with Gasteiger partial charge in [0.2, 0.25) is 0 Å². The van der Waals surface area contributed by atoms with Crippen LogP contribution in [-0.2, 0) is 17.9 Å². The maximum Gasteiger partial charge on any atom is 0.276 e. The van der Waals surface area contributed by atoms with Crippen LogP contribution in [0.5, 0.6) is 0 Å². The first-order chi connectivity index (χ1) is 15.3. The van der Waals surface area contributed by atoms with E-state index in [2.05, 4.69) is 15.0 Å². The van der Waals surface area contributed by atoms with Crippen molar-refractivity contribution in [1.82, 2.24) is 14.9 Å². The van der Waals surface area contributed by atoms with E-state index in [9.17, 15) is 4.79 Å². The van der Waals surface area contributed by atoms with Crippen LogP contribution in [0.25, 0.3) is 11.0 Å². The van der Waals surface area contributed by atoms with E-state index in [1.165, 1.54) is 0 Å². The van der Waals surface area contributed by atoms with Gasteiger partial charge in [0, 0.05) is 18.1 Å². The van der Waals surface area contributed by atoms with Crippen molar-refractivity contribution >= 4 is 28.4 Å². The highest BCUT2D eigenvalue weighted by Crippen LogP contribution is 2.18. The Labute approximate surface area is 180 Å². The van der Waals surface area contributed by atoms with E-state index >= 15 is 0 Å². The van der Waals surface area contributed by atoms with Crippen molar-refractivity contribution in [2.45, 2.75) is 13.1 Å².